The average molecular weight is 329 g/mol. The van der Waals surface area contributed by atoms with Crippen molar-refractivity contribution in [3.8, 4) is 11.5 Å². The molecule has 0 saturated heterocycles. The van der Waals surface area contributed by atoms with Gasteiger partial charge in [0.1, 0.15) is 18.1 Å². The zero-order valence-corrected chi connectivity index (χ0v) is 14.7. The molecule has 4 heteroatoms. The normalized spacial score (nSPS) is 10.7. The van der Waals surface area contributed by atoms with E-state index < -0.39 is 0 Å². The second kappa shape index (κ2) is 9.83. The Morgan fingerprint density at radius 1 is 0.917 bits per heavy atom. The number of rotatable bonds is 10. The highest BCUT2D eigenvalue weighted by Crippen LogP contribution is 2.21. The van der Waals surface area contributed by atoms with Gasteiger partial charge in [0.25, 0.3) is 0 Å². The van der Waals surface area contributed by atoms with E-state index in [1.165, 1.54) is 0 Å². The monoisotopic (exact) mass is 329 g/mol. The Morgan fingerprint density at radius 3 is 2.38 bits per heavy atom. The summed E-state index contributed by atoms with van der Waals surface area (Å²) >= 11 is 0. The van der Waals surface area contributed by atoms with E-state index in [1.807, 2.05) is 42.5 Å². The molecular weight excluding hydrogens is 302 g/mol. The summed E-state index contributed by atoms with van der Waals surface area (Å²) in [7, 11) is 1.67. The first-order chi connectivity index (χ1) is 11.7. The fraction of sp³-hybridized carbons (Fsp3) is 0.400. The maximum Gasteiger partial charge on any atom is 0.124 e. The Morgan fingerprint density at radius 2 is 1.67 bits per heavy atom. The van der Waals surface area contributed by atoms with E-state index in [2.05, 4.69) is 25.2 Å². The lowest BCUT2D eigenvalue weighted by Crippen LogP contribution is -2.08. The number of hydrogen-bond donors (Lipinski definition) is 1. The molecule has 4 nitrogen and oxygen atoms in total. The molecule has 2 aromatic carbocycles. The number of anilines is 1. The fourth-order valence-corrected chi connectivity index (χ4v) is 2.15. The van der Waals surface area contributed by atoms with Gasteiger partial charge in [0.2, 0.25) is 0 Å². The van der Waals surface area contributed by atoms with Gasteiger partial charge in [0.15, 0.2) is 0 Å². The van der Waals surface area contributed by atoms with Crippen molar-refractivity contribution < 1.29 is 14.2 Å². The molecule has 0 fully saturated rings. The van der Waals surface area contributed by atoms with Crippen molar-refractivity contribution >= 4 is 5.69 Å². The van der Waals surface area contributed by atoms with E-state index in [0.29, 0.717) is 25.7 Å². The van der Waals surface area contributed by atoms with Crippen molar-refractivity contribution in [1.29, 1.82) is 0 Å². The zero-order chi connectivity index (χ0) is 17.2. The van der Waals surface area contributed by atoms with Crippen LogP contribution in [0.2, 0.25) is 0 Å². The van der Waals surface area contributed by atoms with E-state index in [-0.39, 0.29) is 0 Å². The molecule has 0 heterocycles. The fourth-order valence-electron chi connectivity index (χ4n) is 2.15. The first-order valence-corrected chi connectivity index (χ1v) is 8.35. The molecule has 0 aromatic heterocycles. The maximum atomic E-state index is 5.75. The van der Waals surface area contributed by atoms with Gasteiger partial charge in [-0.1, -0.05) is 32.0 Å². The summed E-state index contributed by atoms with van der Waals surface area (Å²) < 4.78 is 16.5. The van der Waals surface area contributed by atoms with Gasteiger partial charge < -0.3 is 19.5 Å². The minimum Gasteiger partial charge on any atom is -0.493 e. The maximum absolute atomic E-state index is 5.75. The molecule has 130 valence electrons. The summed E-state index contributed by atoms with van der Waals surface area (Å²) in [6.07, 6.45) is 0. The van der Waals surface area contributed by atoms with Crippen LogP contribution in [0.3, 0.4) is 0 Å². The summed E-state index contributed by atoms with van der Waals surface area (Å²) in [5.41, 5.74) is 2.17. The second-order valence-corrected chi connectivity index (χ2v) is 6.03. The SMILES string of the molecule is COCCOc1ccccc1CNc1ccc(OCC(C)C)cc1. The molecule has 1 N–H and O–H groups in total. The van der Waals surface area contributed by atoms with Gasteiger partial charge >= 0.3 is 0 Å². The molecular formula is C20H27NO3. The van der Waals surface area contributed by atoms with Crippen LogP contribution in [0.4, 0.5) is 5.69 Å². The summed E-state index contributed by atoms with van der Waals surface area (Å²) in [5.74, 6) is 2.31. The second-order valence-electron chi connectivity index (χ2n) is 6.03. The van der Waals surface area contributed by atoms with Gasteiger partial charge in [0, 0.05) is 24.9 Å². The molecule has 0 bridgehead atoms. The van der Waals surface area contributed by atoms with Crippen LogP contribution in [-0.2, 0) is 11.3 Å². The van der Waals surface area contributed by atoms with Crippen molar-refractivity contribution in [3.05, 3.63) is 54.1 Å². The predicted octanol–water partition coefficient (Wildman–Crippen LogP) is 4.36. The minimum atomic E-state index is 0.525. The Balaban J connectivity index is 1.88. The van der Waals surface area contributed by atoms with E-state index in [9.17, 15) is 0 Å². The predicted molar refractivity (Wildman–Crippen MR) is 97.9 cm³/mol. The Hall–Kier alpha value is -2.20. The highest BCUT2D eigenvalue weighted by atomic mass is 16.5. The third-order valence-corrected chi connectivity index (χ3v) is 3.44. The van der Waals surface area contributed by atoms with Crippen LogP contribution in [0.5, 0.6) is 11.5 Å². The van der Waals surface area contributed by atoms with Crippen LogP contribution in [0, 0.1) is 5.92 Å². The molecule has 2 aromatic rings. The van der Waals surface area contributed by atoms with Crippen molar-refractivity contribution in [2.45, 2.75) is 20.4 Å². The van der Waals surface area contributed by atoms with Crippen molar-refractivity contribution in [3.63, 3.8) is 0 Å². The lowest BCUT2D eigenvalue weighted by molar-refractivity contribution is 0.146. The van der Waals surface area contributed by atoms with Crippen LogP contribution in [0.15, 0.2) is 48.5 Å². The molecule has 0 aliphatic heterocycles. The van der Waals surface area contributed by atoms with Crippen molar-refractivity contribution in [2.24, 2.45) is 5.92 Å². The van der Waals surface area contributed by atoms with Gasteiger partial charge in [-0.05, 0) is 36.2 Å². The smallest absolute Gasteiger partial charge is 0.124 e. The Bertz CT molecular complexity index is 596. The molecule has 0 amide bonds. The highest BCUT2D eigenvalue weighted by molar-refractivity contribution is 5.47. The van der Waals surface area contributed by atoms with E-state index >= 15 is 0 Å². The summed E-state index contributed by atoms with van der Waals surface area (Å²) in [4.78, 5) is 0. The zero-order valence-electron chi connectivity index (χ0n) is 14.7. The van der Waals surface area contributed by atoms with Gasteiger partial charge in [-0.25, -0.2) is 0 Å². The van der Waals surface area contributed by atoms with Gasteiger partial charge in [-0.2, -0.15) is 0 Å². The molecule has 2 rings (SSSR count). The van der Waals surface area contributed by atoms with Crippen molar-refractivity contribution in [1.82, 2.24) is 0 Å². The lowest BCUT2D eigenvalue weighted by Gasteiger charge is -2.13. The largest absolute Gasteiger partial charge is 0.493 e. The Labute approximate surface area is 144 Å². The molecule has 0 saturated carbocycles. The van der Waals surface area contributed by atoms with Gasteiger partial charge in [-0.3, -0.25) is 0 Å². The number of methoxy groups -OCH3 is 1. The van der Waals surface area contributed by atoms with Crippen LogP contribution in [0.25, 0.3) is 0 Å². The summed E-state index contributed by atoms with van der Waals surface area (Å²) in [5, 5.41) is 3.42. The minimum absolute atomic E-state index is 0.525. The molecule has 0 unspecified atom stereocenters. The van der Waals surface area contributed by atoms with E-state index in [4.69, 9.17) is 14.2 Å². The van der Waals surface area contributed by atoms with E-state index in [0.717, 1.165) is 29.4 Å². The average Bonchev–Trinajstić information content (AvgIpc) is 2.60. The van der Waals surface area contributed by atoms with Crippen LogP contribution in [0.1, 0.15) is 19.4 Å². The number of nitrogens with one attached hydrogen (secondary N) is 1. The quantitative estimate of drug-likeness (QED) is 0.658. The molecule has 0 atom stereocenters. The van der Waals surface area contributed by atoms with Crippen LogP contribution >= 0.6 is 0 Å². The summed E-state index contributed by atoms with van der Waals surface area (Å²) in [6, 6.07) is 16.1. The van der Waals surface area contributed by atoms with Crippen LogP contribution in [-0.4, -0.2) is 26.9 Å². The number of ether oxygens (including phenoxy) is 3. The van der Waals surface area contributed by atoms with Gasteiger partial charge in [-0.15, -0.1) is 0 Å². The number of hydrogen-bond acceptors (Lipinski definition) is 4. The topological polar surface area (TPSA) is 39.7 Å². The highest BCUT2D eigenvalue weighted by Gasteiger charge is 2.03. The molecule has 0 radical (unpaired) electrons. The van der Waals surface area contributed by atoms with Crippen molar-refractivity contribution in [2.75, 3.05) is 32.2 Å². The third kappa shape index (κ3) is 6.13. The third-order valence-electron chi connectivity index (χ3n) is 3.44. The first-order valence-electron chi connectivity index (χ1n) is 8.35. The Kier molecular flexibility index (Phi) is 7.43. The number of para-hydroxylation sites is 1. The first kappa shape index (κ1) is 18.1. The lowest BCUT2D eigenvalue weighted by atomic mass is 10.2. The standard InChI is InChI=1S/C20H27NO3/c1-16(2)15-24-19-10-8-18(9-11-19)21-14-17-6-4-5-7-20(17)23-13-12-22-3/h4-11,16,21H,12-15H2,1-3H3. The molecule has 24 heavy (non-hydrogen) atoms. The van der Waals surface area contributed by atoms with E-state index in [1.54, 1.807) is 7.11 Å². The molecule has 0 spiro atoms. The number of benzene rings is 2. The van der Waals surface area contributed by atoms with Gasteiger partial charge in [0.05, 0.1) is 13.2 Å². The molecule has 0 aliphatic carbocycles. The molecule has 0 aliphatic rings. The summed E-state index contributed by atoms with van der Waals surface area (Å²) in [6.45, 7) is 6.85. The van der Waals surface area contributed by atoms with Crippen LogP contribution < -0.4 is 14.8 Å².